The van der Waals surface area contributed by atoms with Gasteiger partial charge in [0.25, 0.3) is 0 Å². The molecule has 0 bridgehead atoms. The first-order chi connectivity index (χ1) is 7.04. The molecule has 0 aliphatic carbocycles. The average Bonchev–Trinajstić information content (AvgIpc) is 2.22. The molecule has 0 spiro atoms. The number of rotatable bonds is 9. The van der Waals surface area contributed by atoms with Crippen molar-refractivity contribution >= 4 is 11.6 Å². The molecule has 0 saturated heterocycles. The summed E-state index contributed by atoms with van der Waals surface area (Å²) in [5.41, 5.74) is 0.0585. The first kappa shape index (κ1) is 15.2. The number of ether oxygens (including phenoxy) is 1. The minimum atomic E-state index is 0.0585. The van der Waals surface area contributed by atoms with Crippen molar-refractivity contribution in [3.05, 3.63) is 0 Å². The van der Waals surface area contributed by atoms with Crippen LogP contribution < -0.4 is 5.32 Å². The van der Waals surface area contributed by atoms with Gasteiger partial charge in [-0.3, -0.25) is 0 Å². The van der Waals surface area contributed by atoms with Crippen molar-refractivity contribution in [2.45, 2.75) is 46.1 Å². The Bertz CT molecular complexity index is 147. The lowest BCUT2D eigenvalue weighted by atomic mass is 10.0. The van der Waals surface area contributed by atoms with E-state index < -0.39 is 0 Å². The van der Waals surface area contributed by atoms with Crippen LogP contribution >= 0.6 is 11.6 Å². The fourth-order valence-corrected chi connectivity index (χ4v) is 1.40. The van der Waals surface area contributed by atoms with Gasteiger partial charge in [-0.1, -0.05) is 20.8 Å². The summed E-state index contributed by atoms with van der Waals surface area (Å²) in [5, 5.41) is 3.43. The van der Waals surface area contributed by atoms with Gasteiger partial charge in [-0.25, -0.2) is 0 Å². The standard InChI is InChI=1S/C12H26ClNO/c1-5-12(4,10-13)14-7-9-15-8-6-11(2)3/h11,14H,5-10H2,1-4H3. The summed E-state index contributed by atoms with van der Waals surface area (Å²) < 4.78 is 5.52. The summed E-state index contributed by atoms with van der Waals surface area (Å²) in [6.07, 6.45) is 2.18. The number of hydrogen-bond acceptors (Lipinski definition) is 2. The molecule has 15 heavy (non-hydrogen) atoms. The minimum absolute atomic E-state index is 0.0585. The van der Waals surface area contributed by atoms with Gasteiger partial charge in [0, 0.05) is 24.6 Å². The van der Waals surface area contributed by atoms with Gasteiger partial charge in [-0.15, -0.1) is 11.6 Å². The molecule has 0 rings (SSSR count). The van der Waals surface area contributed by atoms with E-state index in [1.807, 2.05) is 0 Å². The van der Waals surface area contributed by atoms with Gasteiger partial charge >= 0.3 is 0 Å². The summed E-state index contributed by atoms with van der Waals surface area (Å²) in [6.45, 7) is 11.2. The third kappa shape index (κ3) is 8.06. The van der Waals surface area contributed by atoms with Crippen LogP contribution in [0.15, 0.2) is 0 Å². The fourth-order valence-electron chi connectivity index (χ4n) is 1.11. The lowest BCUT2D eigenvalue weighted by molar-refractivity contribution is 0.120. The summed E-state index contributed by atoms with van der Waals surface area (Å²) in [4.78, 5) is 0. The maximum atomic E-state index is 5.89. The lowest BCUT2D eigenvalue weighted by Crippen LogP contribution is -2.45. The zero-order valence-electron chi connectivity index (χ0n) is 10.6. The van der Waals surface area contributed by atoms with Crippen molar-refractivity contribution in [1.82, 2.24) is 5.32 Å². The van der Waals surface area contributed by atoms with Gasteiger partial charge in [0.05, 0.1) is 6.61 Å². The van der Waals surface area contributed by atoms with Crippen molar-refractivity contribution in [1.29, 1.82) is 0 Å². The first-order valence-electron chi connectivity index (χ1n) is 5.93. The molecule has 0 saturated carbocycles. The summed E-state index contributed by atoms with van der Waals surface area (Å²) >= 11 is 5.89. The highest BCUT2D eigenvalue weighted by atomic mass is 35.5. The first-order valence-corrected chi connectivity index (χ1v) is 6.46. The van der Waals surface area contributed by atoms with Gasteiger partial charge < -0.3 is 10.1 Å². The van der Waals surface area contributed by atoms with Gasteiger partial charge in [0.15, 0.2) is 0 Å². The highest BCUT2D eigenvalue weighted by Gasteiger charge is 2.18. The van der Waals surface area contributed by atoms with Crippen LogP contribution in [-0.2, 0) is 4.74 Å². The topological polar surface area (TPSA) is 21.3 Å². The smallest absolute Gasteiger partial charge is 0.0591 e. The number of hydrogen-bond donors (Lipinski definition) is 1. The van der Waals surface area contributed by atoms with Crippen molar-refractivity contribution in [3.63, 3.8) is 0 Å². The molecule has 0 aromatic rings. The Hall–Kier alpha value is 0.210. The van der Waals surface area contributed by atoms with E-state index in [0.29, 0.717) is 5.88 Å². The molecule has 0 fully saturated rings. The number of nitrogens with one attached hydrogen (secondary N) is 1. The Morgan fingerprint density at radius 1 is 1.33 bits per heavy atom. The minimum Gasteiger partial charge on any atom is -0.380 e. The normalized spacial score (nSPS) is 15.6. The Balaban J connectivity index is 3.37. The zero-order valence-corrected chi connectivity index (χ0v) is 11.4. The Morgan fingerprint density at radius 3 is 2.47 bits per heavy atom. The summed E-state index contributed by atoms with van der Waals surface area (Å²) in [6, 6.07) is 0. The molecule has 3 heteroatoms. The van der Waals surface area contributed by atoms with E-state index in [2.05, 4.69) is 33.0 Å². The van der Waals surface area contributed by atoms with E-state index in [0.717, 1.165) is 38.5 Å². The van der Waals surface area contributed by atoms with E-state index in [1.165, 1.54) is 0 Å². The van der Waals surface area contributed by atoms with Crippen LogP contribution in [0.3, 0.4) is 0 Å². The number of halogens is 1. The second-order valence-electron chi connectivity index (χ2n) is 4.77. The molecule has 0 radical (unpaired) electrons. The second kappa shape index (κ2) is 8.37. The van der Waals surface area contributed by atoms with E-state index >= 15 is 0 Å². The molecule has 0 amide bonds. The highest BCUT2D eigenvalue weighted by Crippen LogP contribution is 2.10. The molecule has 0 heterocycles. The highest BCUT2D eigenvalue weighted by molar-refractivity contribution is 6.18. The molecular weight excluding hydrogens is 210 g/mol. The molecule has 1 unspecified atom stereocenters. The molecule has 92 valence electrons. The SMILES string of the molecule is CCC(C)(CCl)NCCOCCC(C)C. The van der Waals surface area contributed by atoms with E-state index in [9.17, 15) is 0 Å². The predicted octanol–water partition coefficient (Wildman–Crippen LogP) is 3.05. The molecule has 2 nitrogen and oxygen atoms in total. The van der Waals surface area contributed by atoms with Crippen LogP contribution in [0, 0.1) is 5.92 Å². The lowest BCUT2D eigenvalue weighted by Gasteiger charge is -2.27. The van der Waals surface area contributed by atoms with Gasteiger partial charge in [-0.05, 0) is 25.7 Å². The quantitative estimate of drug-likeness (QED) is 0.490. The predicted molar refractivity (Wildman–Crippen MR) is 67.7 cm³/mol. The maximum Gasteiger partial charge on any atom is 0.0591 e. The molecule has 1 atom stereocenters. The van der Waals surface area contributed by atoms with E-state index in [1.54, 1.807) is 0 Å². The monoisotopic (exact) mass is 235 g/mol. The molecular formula is C12H26ClNO. The third-order valence-corrected chi connectivity index (χ3v) is 3.30. The van der Waals surface area contributed by atoms with Crippen molar-refractivity contribution in [2.24, 2.45) is 5.92 Å². The van der Waals surface area contributed by atoms with E-state index in [4.69, 9.17) is 16.3 Å². The summed E-state index contributed by atoms with van der Waals surface area (Å²) in [7, 11) is 0. The van der Waals surface area contributed by atoms with Crippen molar-refractivity contribution in [2.75, 3.05) is 25.6 Å². The molecule has 0 aliphatic rings. The summed E-state index contributed by atoms with van der Waals surface area (Å²) in [5.74, 6) is 1.37. The van der Waals surface area contributed by atoms with Crippen molar-refractivity contribution < 1.29 is 4.74 Å². The van der Waals surface area contributed by atoms with Gasteiger partial charge in [-0.2, -0.15) is 0 Å². The molecule has 0 aromatic carbocycles. The maximum absolute atomic E-state index is 5.89. The van der Waals surface area contributed by atoms with Gasteiger partial charge in [0.1, 0.15) is 0 Å². The van der Waals surface area contributed by atoms with Crippen molar-refractivity contribution in [3.8, 4) is 0 Å². The molecule has 0 aliphatic heterocycles. The van der Waals surface area contributed by atoms with Crippen LogP contribution in [0.25, 0.3) is 0 Å². The fraction of sp³-hybridized carbons (Fsp3) is 1.00. The van der Waals surface area contributed by atoms with Crippen LogP contribution in [-0.4, -0.2) is 31.2 Å². The largest absolute Gasteiger partial charge is 0.380 e. The average molecular weight is 236 g/mol. The van der Waals surface area contributed by atoms with Crippen LogP contribution in [0.1, 0.15) is 40.5 Å². The zero-order chi connectivity index (χ0) is 11.7. The van der Waals surface area contributed by atoms with Gasteiger partial charge in [0.2, 0.25) is 0 Å². The molecule has 1 N–H and O–H groups in total. The molecule has 0 aromatic heterocycles. The Kier molecular flexibility index (Phi) is 8.49. The Labute approximate surface area is 99.7 Å². The second-order valence-corrected chi connectivity index (χ2v) is 5.04. The van der Waals surface area contributed by atoms with E-state index in [-0.39, 0.29) is 5.54 Å². The van der Waals surface area contributed by atoms with Crippen LogP contribution in [0.5, 0.6) is 0 Å². The third-order valence-electron chi connectivity index (χ3n) is 2.71. The van der Waals surface area contributed by atoms with Crippen LogP contribution in [0.2, 0.25) is 0 Å². The number of alkyl halides is 1. The van der Waals surface area contributed by atoms with Crippen LogP contribution in [0.4, 0.5) is 0 Å². The Morgan fingerprint density at radius 2 is 2.00 bits per heavy atom.